The van der Waals surface area contributed by atoms with Crippen LogP contribution in [0.25, 0.3) is 6.08 Å². The van der Waals surface area contributed by atoms with Crippen molar-refractivity contribution in [1.29, 1.82) is 0 Å². The Bertz CT molecular complexity index is 871. The van der Waals surface area contributed by atoms with Crippen LogP contribution < -0.4 is 16.0 Å². The highest BCUT2D eigenvalue weighted by Crippen LogP contribution is 2.53. The second kappa shape index (κ2) is 7.75. The van der Waals surface area contributed by atoms with Gasteiger partial charge in [-0.2, -0.15) is 0 Å². The Balaban J connectivity index is 1.18. The third kappa shape index (κ3) is 4.00. The summed E-state index contributed by atoms with van der Waals surface area (Å²) in [6.45, 7) is 2.51. The molecule has 2 aliphatic rings. The lowest BCUT2D eigenvalue weighted by molar-refractivity contribution is -0.116. The van der Waals surface area contributed by atoms with Gasteiger partial charge >= 0.3 is 0 Å². The zero-order chi connectivity index (χ0) is 19.5. The van der Waals surface area contributed by atoms with E-state index in [-0.39, 0.29) is 5.91 Å². The minimum absolute atomic E-state index is 0.0840. The number of nitrogens with zero attached hydrogens (tertiary/aromatic N) is 4. The molecule has 3 heterocycles. The summed E-state index contributed by atoms with van der Waals surface area (Å²) in [5.74, 6) is 1.94. The topological polar surface area (TPSA) is 114 Å². The quantitative estimate of drug-likeness (QED) is 0.691. The maximum atomic E-state index is 11.9. The minimum Gasteiger partial charge on any atom is -0.366 e. The van der Waals surface area contributed by atoms with Crippen LogP contribution in [-0.2, 0) is 4.79 Å². The molecule has 28 heavy (non-hydrogen) atoms. The molecule has 8 nitrogen and oxygen atoms in total. The van der Waals surface area contributed by atoms with Crippen LogP contribution in [0.5, 0.6) is 0 Å². The van der Waals surface area contributed by atoms with E-state index in [2.05, 4.69) is 25.2 Å². The second-order valence-electron chi connectivity index (χ2n) is 7.23. The first kappa shape index (κ1) is 18.1. The molecule has 2 amide bonds. The van der Waals surface area contributed by atoms with E-state index in [4.69, 9.17) is 5.73 Å². The molecule has 0 spiro atoms. The number of carbonyl (C=O) groups is 2. The van der Waals surface area contributed by atoms with Crippen LogP contribution >= 0.6 is 0 Å². The van der Waals surface area contributed by atoms with Crippen molar-refractivity contribution >= 4 is 23.8 Å². The Morgan fingerprint density at radius 3 is 2.61 bits per heavy atom. The summed E-state index contributed by atoms with van der Waals surface area (Å²) < 4.78 is 0. The van der Waals surface area contributed by atoms with Gasteiger partial charge in [0.15, 0.2) is 0 Å². The molecule has 1 aliphatic heterocycles. The van der Waals surface area contributed by atoms with Crippen LogP contribution in [0.2, 0.25) is 0 Å². The number of rotatable bonds is 7. The minimum atomic E-state index is -0.520. The van der Waals surface area contributed by atoms with Gasteiger partial charge in [0.25, 0.3) is 5.91 Å². The van der Waals surface area contributed by atoms with Crippen LogP contribution in [-0.4, -0.2) is 46.4 Å². The van der Waals surface area contributed by atoms with Gasteiger partial charge in [-0.05, 0) is 41.9 Å². The van der Waals surface area contributed by atoms with Crippen molar-refractivity contribution in [3.05, 3.63) is 54.1 Å². The molecule has 2 fully saturated rings. The molecule has 1 saturated carbocycles. The molecule has 4 rings (SSSR count). The van der Waals surface area contributed by atoms with Gasteiger partial charge in [0.2, 0.25) is 11.9 Å². The molecule has 0 radical (unpaired) electrons. The van der Waals surface area contributed by atoms with E-state index in [1.807, 2.05) is 12.1 Å². The molecule has 0 unspecified atom stereocenters. The summed E-state index contributed by atoms with van der Waals surface area (Å²) >= 11 is 0. The van der Waals surface area contributed by atoms with E-state index < -0.39 is 5.91 Å². The molecule has 3 N–H and O–H groups in total. The average Bonchev–Trinajstić information content (AvgIpc) is 3.16. The third-order valence-corrected chi connectivity index (χ3v) is 5.47. The van der Waals surface area contributed by atoms with Crippen LogP contribution in [0.15, 0.2) is 43.0 Å². The molecule has 3 atom stereocenters. The first-order valence-corrected chi connectivity index (χ1v) is 9.34. The molecular weight excluding hydrogens is 356 g/mol. The zero-order valence-electron chi connectivity index (χ0n) is 15.4. The van der Waals surface area contributed by atoms with Crippen molar-refractivity contribution in [3.8, 4) is 0 Å². The SMILES string of the molecule is NC(=O)c1cnc(N2C[C@@H]3[C@@H](CCNC(=O)/C=C/c4cccnc4)[C@@H]3C2)nc1. The number of primary amides is 1. The molecule has 8 heteroatoms. The lowest BCUT2D eigenvalue weighted by Gasteiger charge is -2.19. The summed E-state index contributed by atoms with van der Waals surface area (Å²) in [5.41, 5.74) is 6.43. The van der Waals surface area contributed by atoms with Gasteiger partial charge in [-0.3, -0.25) is 14.6 Å². The van der Waals surface area contributed by atoms with Crippen LogP contribution in [0.3, 0.4) is 0 Å². The lowest BCUT2D eigenvalue weighted by Crippen LogP contribution is -2.28. The van der Waals surface area contributed by atoms with Crippen molar-refractivity contribution < 1.29 is 9.59 Å². The second-order valence-corrected chi connectivity index (χ2v) is 7.23. The van der Waals surface area contributed by atoms with Gasteiger partial charge in [0.05, 0.1) is 5.56 Å². The summed E-state index contributed by atoms with van der Waals surface area (Å²) in [7, 11) is 0. The number of hydrogen-bond donors (Lipinski definition) is 2. The summed E-state index contributed by atoms with van der Waals surface area (Å²) in [4.78, 5) is 37.6. The highest BCUT2D eigenvalue weighted by Gasteiger charge is 2.55. The number of hydrogen-bond acceptors (Lipinski definition) is 6. The maximum Gasteiger partial charge on any atom is 0.251 e. The van der Waals surface area contributed by atoms with E-state index in [1.165, 1.54) is 12.4 Å². The standard InChI is InChI=1S/C20H22N6O2/c21-19(28)14-9-24-20(25-10-14)26-11-16-15(17(16)12-26)5-7-23-18(27)4-3-13-2-1-6-22-8-13/h1-4,6,8-10,15-17H,5,7,11-12H2,(H2,21,28)(H,23,27)/b4-3+/t15-,16-,17+. The van der Waals surface area contributed by atoms with Gasteiger partial charge in [-0.1, -0.05) is 6.07 Å². The van der Waals surface area contributed by atoms with Crippen molar-refractivity contribution in [2.45, 2.75) is 6.42 Å². The summed E-state index contributed by atoms with van der Waals surface area (Å²) in [6, 6.07) is 3.74. The predicted molar refractivity (Wildman–Crippen MR) is 104 cm³/mol. The van der Waals surface area contributed by atoms with Gasteiger partial charge < -0.3 is 16.0 Å². The molecule has 1 saturated heterocycles. The first-order valence-electron chi connectivity index (χ1n) is 9.34. The fourth-order valence-corrected chi connectivity index (χ4v) is 3.92. The lowest BCUT2D eigenvalue weighted by atomic mass is 10.2. The van der Waals surface area contributed by atoms with Crippen molar-refractivity contribution in [2.75, 3.05) is 24.5 Å². The number of pyridine rings is 1. The first-order chi connectivity index (χ1) is 13.6. The third-order valence-electron chi connectivity index (χ3n) is 5.47. The van der Waals surface area contributed by atoms with E-state index >= 15 is 0 Å². The largest absolute Gasteiger partial charge is 0.366 e. The van der Waals surface area contributed by atoms with E-state index in [0.717, 1.165) is 25.1 Å². The van der Waals surface area contributed by atoms with Gasteiger partial charge in [-0.25, -0.2) is 9.97 Å². The number of aromatic nitrogens is 3. The maximum absolute atomic E-state index is 11.9. The summed E-state index contributed by atoms with van der Waals surface area (Å²) in [5, 5.41) is 2.95. The number of nitrogens with two attached hydrogens (primary N) is 1. The molecule has 2 aromatic rings. The molecule has 0 bridgehead atoms. The number of anilines is 1. The average molecular weight is 378 g/mol. The number of fused-ring (bicyclic) bond motifs is 1. The number of piperidine rings is 1. The number of carbonyl (C=O) groups excluding carboxylic acids is 2. The molecule has 1 aliphatic carbocycles. The Hall–Kier alpha value is -3.29. The van der Waals surface area contributed by atoms with Crippen LogP contribution in [0.1, 0.15) is 22.3 Å². The molecule has 0 aromatic carbocycles. The highest BCUT2D eigenvalue weighted by atomic mass is 16.1. The molecule has 2 aromatic heterocycles. The van der Waals surface area contributed by atoms with E-state index in [9.17, 15) is 9.59 Å². The fourth-order valence-electron chi connectivity index (χ4n) is 3.92. The van der Waals surface area contributed by atoms with Gasteiger partial charge in [0, 0.05) is 50.5 Å². The zero-order valence-corrected chi connectivity index (χ0v) is 15.4. The Kier molecular flexibility index (Phi) is 5.01. The van der Waals surface area contributed by atoms with Gasteiger partial charge in [0.1, 0.15) is 0 Å². The van der Waals surface area contributed by atoms with Crippen LogP contribution in [0, 0.1) is 17.8 Å². The number of amides is 2. The monoisotopic (exact) mass is 378 g/mol. The van der Waals surface area contributed by atoms with Crippen LogP contribution in [0.4, 0.5) is 5.95 Å². The van der Waals surface area contributed by atoms with E-state index in [0.29, 0.717) is 35.8 Å². The van der Waals surface area contributed by atoms with Crippen molar-refractivity contribution in [2.24, 2.45) is 23.5 Å². The molecular formula is C20H22N6O2. The Morgan fingerprint density at radius 1 is 1.21 bits per heavy atom. The fraction of sp³-hybridized carbons (Fsp3) is 0.350. The normalized spacial score (nSPS) is 22.9. The number of nitrogens with one attached hydrogen (secondary N) is 1. The predicted octanol–water partition coefficient (Wildman–Crippen LogP) is 0.872. The molecule has 144 valence electrons. The van der Waals surface area contributed by atoms with E-state index in [1.54, 1.807) is 24.5 Å². The summed E-state index contributed by atoms with van der Waals surface area (Å²) in [6.07, 6.45) is 10.6. The van der Waals surface area contributed by atoms with Crippen molar-refractivity contribution in [3.63, 3.8) is 0 Å². The smallest absolute Gasteiger partial charge is 0.251 e. The Morgan fingerprint density at radius 2 is 1.96 bits per heavy atom. The van der Waals surface area contributed by atoms with Gasteiger partial charge in [-0.15, -0.1) is 0 Å². The Labute approximate surface area is 162 Å². The highest BCUT2D eigenvalue weighted by molar-refractivity contribution is 5.92. The van der Waals surface area contributed by atoms with Crippen molar-refractivity contribution in [1.82, 2.24) is 20.3 Å².